The van der Waals surface area contributed by atoms with Crippen LogP contribution in [-0.2, 0) is 20.6 Å². The number of para-hydroxylation sites is 1. The minimum atomic E-state index is -0.961. The predicted octanol–water partition coefficient (Wildman–Crippen LogP) is 1.63. The van der Waals surface area contributed by atoms with E-state index < -0.39 is 17.4 Å². The highest BCUT2D eigenvalue weighted by Crippen LogP contribution is 2.19. The van der Waals surface area contributed by atoms with Crippen LogP contribution in [0.15, 0.2) is 69.3 Å². The second-order valence-corrected chi connectivity index (χ2v) is 7.94. The van der Waals surface area contributed by atoms with Gasteiger partial charge in [-0.2, -0.15) is 10.1 Å². The van der Waals surface area contributed by atoms with Crippen molar-refractivity contribution in [2.24, 2.45) is 19.2 Å². The molecule has 34 heavy (non-hydrogen) atoms. The Morgan fingerprint density at radius 1 is 1.09 bits per heavy atom. The van der Waals surface area contributed by atoms with Crippen LogP contribution in [-0.4, -0.2) is 42.7 Å². The third-order valence-corrected chi connectivity index (χ3v) is 5.44. The van der Waals surface area contributed by atoms with E-state index in [2.05, 4.69) is 15.5 Å². The molecule has 0 saturated carbocycles. The molecule has 0 fully saturated rings. The van der Waals surface area contributed by atoms with E-state index in [0.717, 1.165) is 15.7 Å². The van der Waals surface area contributed by atoms with Crippen LogP contribution in [0, 0.1) is 6.92 Å². The average molecular weight is 463 g/mol. The highest BCUT2D eigenvalue weighted by molar-refractivity contribution is 5.80. The number of hydrazone groups is 1. The molecule has 0 aliphatic heterocycles. The molecule has 0 aliphatic rings. The fourth-order valence-corrected chi connectivity index (χ4v) is 3.58. The Balaban J connectivity index is 1.67. The Bertz CT molecular complexity index is 1450. The van der Waals surface area contributed by atoms with Crippen LogP contribution in [0.2, 0.25) is 0 Å². The number of nitrogens with zero attached hydrogens (tertiary/aromatic N) is 5. The van der Waals surface area contributed by atoms with Gasteiger partial charge < -0.3 is 14.4 Å². The number of ether oxygens (including phenoxy) is 1. The van der Waals surface area contributed by atoms with E-state index in [-0.39, 0.29) is 30.3 Å². The second kappa shape index (κ2) is 9.75. The van der Waals surface area contributed by atoms with Crippen LogP contribution in [0.3, 0.4) is 0 Å². The lowest BCUT2D eigenvalue weighted by molar-refractivity contribution is 0.0935. The summed E-state index contributed by atoms with van der Waals surface area (Å²) < 4.78 is 9.58. The molecule has 2 heterocycles. The molecule has 0 spiro atoms. The number of aryl methyl sites for hydroxylation is 2. The zero-order valence-corrected chi connectivity index (χ0v) is 19.2. The number of hydrogen-bond donors (Lipinski definition) is 2. The molecule has 0 radical (unpaired) electrons. The summed E-state index contributed by atoms with van der Waals surface area (Å²) in [5, 5.41) is 14.9. The van der Waals surface area contributed by atoms with E-state index in [1.165, 1.54) is 23.2 Å². The fourth-order valence-electron chi connectivity index (χ4n) is 3.58. The molecule has 0 aliphatic carbocycles. The molecule has 176 valence electrons. The van der Waals surface area contributed by atoms with Gasteiger partial charge in [-0.3, -0.25) is 13.9 Å². The van der Waals surface area contributed by atoms with Gasteiger partial charge in [-0.1, -0.05) is 48.5 Å². The van der Waals surface area contributed by atoms with Crippen molar-refractivity contribution >= 4 is 23.3 Å². The lowest BCUT2D eigenvalue weighted by atomic mass is 10.2. The first kappa shape index (κ1) is 23.0. The lowest BCUT2D eigenvalue weighted by Gasteiger charge is -2.16. The van der Waals surface area contributed by atoms with Gasteiger partial charge in [0.05, 0.1) is 12.8 Å². The Morgan fingerprint density at radius 2 is 1.79 bits per heavy atom. The molecule has 4 rings (SSSR count). The van der Waals surface area contributed by atoms with Crippen molar-refractivity contribution in [2.45, 2.75) is 19.6 Å². The lowest BCUT2D eigenvalue weighted by Crippen LogP contribution is -2.38. The van der Waals surface area contributed by atoms with Gasteiger partial charge in [0, 0.05) is 14.1 Å². The molecular weight excluding hydrogens is 436 g/mol. The van der Waals surface area contributed by atoms with Crippen molar-refractivity contribution < 1.29 is 9.84 Å². The number of imidazole rings is 1. The zero-order valence-electron chi connectivity index (χ0n) is 19.2. The fraction of sp³-hybridized carbons (Fsp3) is 0.250. The molecule has 0 saturated heterocycles. The smallest absolute Gasteiger partial charge is 0.332 e. The number of benzene rings is 2. The summed E-state index contributed by atoms with van der Waals surface area (Å²) in [5.74, 6) is 0.886. The summed E-state index contributed by atoms with van der Waals surface area (Å²) in [6.45, 7) is 1.92. The molecular formula is C24H26N6O4. The molecule has 2 aromatic heterocycles. The van der Waals surface area contributed by atoms with Crippen LogP contribution in [0.5, 0.6) is 5.75 Å². The zero-order chi connectivity index (χ0) is 24.2. The number of aliphatic hydroxyl groups excluding tert-OH is 1. The normalized spacial score (nSPS) is 12.4. The largest absolute Gasteiger partial charge is 0.491 e. The van der Waals surface area contributed by atoms with E-state index in [1.54, 1.807) is 6.21 Å². The quantitative estimate of drug-likeness (QED) is 0.304. The van der Waals surface area contributed by atoms with Crippen molar-refractivity contribution in [3.63, 3.8) is 0 Å². The van der Waals surface area contributed by atoms with E-state index in [9.17, 15) is 14.7 Å². The van der Waals surface area contributed by atoms with E-state index in [0.29, 0.717) is 5.75 Å². The maximum atomic E-state index is 12.9. The summed E-state index contributed by atoms with van der Waals surface area (Å²) in [4.78, 5) is 29.8. The minimum absolute atomic E-state index is 0.000977. The Morgan fingerprint density at radius 3 is 2.53 bits per heavy atom. The summed E-state index contributed by atoms with van der Waals surface area (Å²) in [5.41, 5.74) is 4.01. The van der Waals surface area contributed by atoms with Crippen molar-refractivity contribution in [2.75, 3.05) is 12.0 Å². The first-order valence-corrected chi connectivity index (χ1v) is 10.7. The van der Waals surface area contributed by atoms with Gasteiger partial charge in [0.15, 0.2) is 11.2 Å². The number of aromatic nitrogens is 4. The van der Waals surface area contributed by atoms with Crippen molar-refractivity contribution in [1.29, 1.82) is 0 Å². The van der Waals surface area contributed by atoms with Gasteiger partial charge >= 0.3 is 5.69 Å². The first-order valence-electron chi connectivity index (χ1n) is 10.7. The van der Waals surface area contributed by atoms with Crippen LogP contribution in [0.4, 0.5) is 5.95 Å². The van der Waals surface area contributed by atoms with Crippen LogP contribution >= 0.6 is 0 Å². The molecule has 4 aromatic rings. The molecule has 10 nitrogen and oxygen atoms in total. The Hall–Kier alpha value is -4.18. The Labute approximate surface area is 195 Å². The summed E-state index contributed by atoms with van der Waals surface area (Å²) >= 11 is 0. The van der Waals surface area contributed by atoms with E-state index in [4.69, 9.17) is 4.74 Å². The van der Waals surface area contributed by atoms with Gasteiger partial charge in [0.25, 0.3) is 5.56 Å². The molecule has 0 bridgehead atoms. The maximum Gasteiger partial charge on any atom is 0.332 e. The molecule has 1 atom stereocenters. The second-order valence-electron chi connectivity index (χ2n) is 7.94. The third-order valence-electron chi connectivity index (χ3n) is 5.44. The predicted molar refractivity (Wildman–Crippen MR) is 131 cm³/mol. The third kappa shape index (κ3) is 4.62. The summed E-state index contributed by atoms with van der Waals surface area (Å²) in [6, 6.07) is 17.0. The van der Waals surface area contributed by atoms with Crippen molar-refractivity contribution in [3.8, 4) is 5.75 Å². The standard InChI is InChI=1S/C24H26N6O4/c1-16-9-7-8-12-19(16)34-15-18(31)14-30-20-21(28(2)24(33)29(3)22(20)32)26-23(30)27-25-13-17-10-5-4-6-11-17/h4-13,18,31H,14-15H2,1-3H3,(H,26,27)/b25-13-/t18-/m1/s1. The SMILES string of the molecule is Cc1ccccc1OC[C@H](O)Cn1c(N/N=C\c2ccccc2)nc2c1c(=O)n(C)c(=O)n2C. The van der Waals surface area contributed by atoms with Crippen LogP contribution in [0.1, 0.15) is 11.1 Å². The van der Waals surface area contributed by atoms with Crippen molar-refractivity contribution in [1.82, 2.24) is 18.7 Å². The van der Waals surface area contributed by atoms with Gasteiger partial charge in [-0.25, -0.2) is 10.2 Å². The van der Waals surface area contributed by atoms with Gasteiger partial charge in [-0.05, 0) is 24.1 Å². The minimum Gasteiger partial charge on any atom is -0.491 e. The first-order chi connectivity index (χ1) is 16.4. The average Bonchev–Trinajstić information content (AvgIpc) is 3.19. The molecule has 0 unspecified atom stereocenters. The monoisotopic (exact) mass is 462 g/mol. The van der Waals surface area contributed by atoms with Crippen LogP contribution in [0.25, 0.3) is 11.2 Å². The van der Waals surface area contributed by atoms with E-state index >= 15 is 0 Å². The number of anilines is 1. The molecule has 2 N–H and O–H groups in total. The summed E-state index contributed by atoms with van der Waals surface area (Å²) in [6.07, 6.45) is 0.649. The van der Waals surface area contributed by atoms with Crippen molar-refractivity contribution in [3.05, 3.63) is 86.6 Å². The number of nitrogens with one attached hydrogen (secondary N) is 1. The number of aliphatic hydroxyl groups is 1. The van der Waals surface area contributed by atoms with Gasteiger partial charge in [0.1, 0.15) is 18.5 Å². The van der Waals surface area contributed by atoms with Gasteiger partial charge in [-0.15, -0.1) is 0 Å². The molecule has 2 aromatic carbocycles. The maximum absolute atomic E-state index is 12.9. The van der Waals surface area contributed by atoms with Gasteiger partial charge in [0.2, 0.25) is 5.95 Å². The molecule has 0 amide bonds. The summed E-state index contributed by atoms with van der Waals surface area (Å²) in [7, 11) is 2.94. The highest BCUT2D eigenvalue weighted by atomic mass is 16.5. The number of rotatable bonds is 8. The number of fused-ring (bicyclic) bond motifs is 1. The Kier molecular flexibility index (Phi) is 6.60. The van der Waals surface area contributed by atoms with E-state index in [1.807, 2.05) is 61.5 Å². The molecule has 10 heteroatoms. The topological polar surface area (TPSA) is 116 Å². The van der Waals surface area contributed by atoms with Crippen LogP contribution < -0.4 is 21.4 Å². The number of hydrogen-bond acceptors (Lipinski definition) is 7. The highest BCUT2D eigenvalue weighted by Gasteiger charge is 2.21.